The van der Waals surface area contributed by atoms with E-state index in [4.69, 9.17) is 15.2 Å². The van der Waals surface area contributed by atoms with E-state index in [1.165, 1.54) is 0 Å². The molecule has 0 spiro atoms. The molecule has 0 aliphatic rings. The van der Waals surface area contributed by atoms with E-state index in [0.717, 1.165) is 11.1 Å². The van der Waals surface area contributed by atoms with E-state index in [9.17, 15) is 9.59 Å². The van der Waals surface area contributed by atoms with Gasteiger partial charge in [-0.15, -0.1) is 0 Å². The Morgan fingerprint density at radius 2 is 1.62 bits per heavy atom. The van der Waals surface area contributed by atoms with Crippen molar-refractivity contribution < 1.29 is 19.1 Å². The van der Waals surface area contributed by atoms with Crippen LogP contribution in [0, 0.1) is 0 Å². The molecule has 0 aliphatic carbocycles. The smallest absolute Gasteiger partial charge is 0.255 e. The summed E-state index contributed by atoms with van der Waals surface area (Å²) in [7, 11) is 0. The average molecular weight is 453 g/mol. The van der Waals surface area contributed by atoms with Gasteiger partial charge in [0.05, 0.1) is 5.56 Å². The normalized spacial score (nSPS) is 10.4. The third-order valence-corrected chi connectivity index (χ3v) is 4.96. The minimum Gasteiger partial charge on any atom is -0.489 e. The second kappa shape index (κ2) is 10.8. The molecule has 2 amide bonds. The molecule has 34 heavy (non-hydrogen) atoms. The second-order valence-electron chi connectivity index (χ2n) is 7.48. The maximum absolute atomic E-state index is 12.8. The molecule has 4 rings (SSSR count). The standard InChI is InChI=1S/C27H23N3O4/c28-26(31)24-11-1-2-12-25(24)34-17-19-6-3-8-21(14-19)27(32)30-22-9-4-10-23(15-22)33-18-20-7-5-13-29-16-20/h1-16H,17-18H2,(H2,28,31)(H,30,32). The lowest BCUT2D eigenvalue weighted by Gasteiger charge is -2.11. The molecule has 1 heterocycles. The van der Waals surface area contributed by atoms with E-state index >= 15 is 0 Å². The van der Waals surface area contributed by atoms with Gasteiger partial charge in [0.25, 0.3) is 11.8 Å². The predicted molar refractivity (Wildman–Crippen MR) is 129 cm³/mol. The molecule has 0 radical (unpaired) electrons. The largest absolute Gasteiger partial charge is 0.489 e. The van der Waals surface area contributed by atoms with Crippen LogP contribution >= 0.6 is 0 Å². The molecule has 7 nitrogen and oxygen atoms in total. The summed E-state index contributed by atoms with van der Waals surface area (Å²) >= 11 is 0. The fraction of sp³-hybridized carbons (Fsp3) is 0.0741. The quantitative estimate of drug-likeness (QED) is 0.386. The Balaban J connectivity index is 1.38. The maximum atomic E-state index is 12.8. The number of rotatable bonds is 9. The van der Waals surface area contributed by atoms with Crippen molar-refractivity contribution in [1.82, 2.24) is 4.98 Å². The summed E-state index contributed by atoms with van der Waals surface area (Å²) in [5, 5.41) is 2.89. The van der Waals surface area contributed by atoms with E-state index in [1.807, 2.05) is 30.3 Å². The van der Waals surface area contributed by atoms with Crippen LogP contribution in [0.2, 0.25) is 0 Å². The summed E-state index contributed by atoms with van der Waals surface area (Å²) < 4.78 is 11.6. The molecule has 1 aromatic heterocycles. The number of carbonyl (C=O) groups excluding carboxylic acids is 2. The number of para-hydroxylation sites is 1. The van der Waals surface area contributed by atoms with Crippen molar-refractivity contribution in [3.8, 4) is 11.5 Å². The Morgan fingerprint density at radius 1 is 0.824 bits per heavy atom. The van der Waals surface area contributed by atoms with Gasteiger partial charge in [0, 0.05) is 35.3 Å². The van der Waals surface area contributed by atoms with Gasteiger partial charge in [-0.1, -0.05) is 36.4 Å². The van der Waals surface area contributed by atoms with Gasteiger partial charge >= 0.3 is 0 Å². The van der Waals surface area contributed by atoms with Crippen molar-refractivity contribution in [1.29, 1.82) is 0 Å². The molecule has 0 atom stereocenters. The van der Waals surface area contributed by atoms with E-state index in [-0.39, 0.29) is 12.5 Å². The number of amides is 2. The fourth-order valence-corrected chi connectivity index (χ4v) is 3.28. The molecule has 0 unspecified atom stereocenters. The Kier molecular flexibility index (Phi) is 7.15. The highest BCUT2D eigenvalue weighted by Gasteiger charge is 2.11. The van der Waals surface area contributed by atoms with Crippen molar-refractivity contribution in [2.45, 2.75) is 13.2 Å². The minimum atomic E-state index is -0.560. The van der Waals surface area contributed by atoms with Crippen molar-refractivity contribution in [2.24, 2.45) is 5.73 Å². The molecular formula is C27H23N3O4. The Hall–Kier alpha value is -4.65. The van der Waals surface area contributed by atoms with E-state index in [1.54, 1.807) is 67.0 Å². The zero-order valence-corrected chi connectivity index (χ0v) is 18.3. The zero-order valence-electron chi connectivity index (χ0n) is 18.3. The number of nitrogens with zero attached hydrogens (tertiary/aromatic N) is 1. The predicted octanol–water partition coefficient (Wildman–Crippen LogP) is 4.59. The molecule has 0 bridgehead atoms. The minimum absolute atomic E-state index is 0.184. The number of hydrogen-bond acceptors (Lipinski definition) is 5. The van der Waals surface area contributed by atoms with Crippen LogP contribution in [0.4, 0.5) is 5.69 Å². The van der Waals surface area contributed by atoms with Crippen molar-refractivity contribution >= 4 is 17.5 Å². The van der Waals surface area contributed by atoms with Gasteiger partial charge in [-0.2, -0.15) is 0 Å². The number of anilines is 1. The third-order valence-electron chi connectivity index (χ3n) is 4.96. The molecule has 3 N–H and O–H groups in total. The molecular weight excluding hydrogens is 430 g/mol. The molecule has 4 aromatic rings. The zero-order chi connectivity index (χ0) is 23.8. The molecule has 0 saturated heterocycles. The van der Waals surface area contributed by atoms with Gasteiger partial charge in [-0.05, 0) is 48.0 Å². The van der Waals surface area contributed by atoms with Crippen LogP contribution in [0.25, 0.3) is 0 Å². The highest BCUT2D eigenvalue weighted by Crippen LogP contribution is 2.21. The fourth-order valence-electron chi connectivity index (χ4n) is 3.28. The molecule has 7 heteroatoms. The highest BCUT2D eigenvalue weighted by molar-refractivity contribution is 6.04. The summed E-state index contributed by atoms with van der Waals surface area (Å²) in [6.45, 7) is 0.565. The van der Waals surface area contributed by atoms with Crippen molar-refractivity contribution in [2.75, 3.05) is 5.32 Å². The highest BCUT2D eigenvalue weighted by atomic mass is 16.5. The Bertz CT molecular complexity index is 1290. The van der Waals surface area contributed by atoms with Gasteiger partial charge in [0.1, 0.15) is 24.7 Å². The average Bonchev–Trinajstić information content (AvgIpc) is 2.87. The van der Waals surface area contributed by atoms with Crippen LogP contribution in [0.15, 0.2) is 97.3 Å². The number of primary amides is 1. The number of nitrogens with one attached hydrogen (secondary N) is 1. The van der Waals surface area contributed by atoms with Crippen LogP contribution < -0.4 is 20.5 Å². The number of benzene rings is 3. The molecule has 3 aromatic carbocycles. The summed E-state index contributed by atoms with van der Waals surface area (Å²) in [4.78, 5) is 28.4. The first kappa shape index (κ1) is 22.5. The third kappa shape index (κ3) is 5.98. The lowest BCUT2D eigenvalue weighted by Crippen LogP contribution is -2.13. The van der Waals surface area contributed by atoms with Gasteiger partial charge in [0.15, 0.2) is 0 Å². The van der Waals surface area contributed by atoms with Crippen LogP contribution in [0.1, 0.15) is 31.8 Å². The number of pyridine rings is 1. The first-order valence-electron chi connectivity index (χ1n) is 10.6. The lowest BCUT2D eigenvalue weighted by molar-refractivity contribution is 0.0994. The number of aromatic nitrogens is 1. The number of nitrogens with two attached hydrogens (primary N) is 1. The molecule has 170 valence electrons. The van der Waals surface area contributed by atoms with Gasteiger partial charge < -0.3 is 20.5 Å². The van der Waals surface area contributed by atoms with E-state index in [2.05, 4.69) is 10.3 Å². The van der Waals surface area contributed by atoms with Crippen LogP contribution in [-0.2, 0) is 13.2 Å². The van der Waals surface area contributed by atoms with Crippen molar-refractivity contribution in [3.05, 3.63) is 120 Å². The SMILES string of the molecule is NC(=O)c1ccccc1OCc1cccc(C(=O)Nc2cccc(OCc3cccnc3)c2)c1. The summed E-state index contributed by atoms with van der Waals surface area (Å²) in [5.41, 5.74) is 8.53. The molecule has 0 saturated carbocycles. The number of ether oxygens (including phenoxy) is 2. The summed E-state index contributed by atoms with van der Waals surface area (Å²) in [6, 6.07) is 24.8. The first-order valence-corrected chi connectivity index (χ1v) is 10.6. The first-order chi connectivity index (χ1) is 16.6. The molecule has 0 aliphatic heterocycles. The Labute approximate surface area is 197 Å². The van der Waals surface area contributed by atoms with Crippen molar-refractivity contribution in [3.63, 3.8) is 0 Å². The van der Waals surface area contributed by atoms with Gasteiger partial charge in [-0.25, -0.2) is 0 Å². The van der Waals surface area contributed by atoms with Crippen LogP contribution in [0.5, 0.6) is 11.5 Å². The molecule has 0 fully saturated rings. The van der Waals surface area contributed by atoms with Gasteiger partial charge in [-0.3, -0.25) is 14.6 Å². The summed E-state index contributed by atoms with van der Waals surface area (Å²) in [6.07, 6.45) is 3.45. The number of carbonyl (C=O) groups is 2. The maximum Gasteiger partial charge on any atom is 0.255 e. The monoisotopic (exact) mass is 453 g/mol. The topological polar surface area (TPSA) is 104 Å². The summed E-state index contributed by atoms with van der Waals surface area (Å²) in [5.74, 6) is 0.212. The Morgan fingerprint density at radius 3 is 2.44 bits per heavy atom. The van der Waals surface area contributed by atoms with Crippen LogP contribution in [0.3, 0.4) is 0 Å². The second-order valence-corrected chi connectivity index (χ2v) is 7.48. The lowest BCUT2D eigenvalue weighted by atomic mass is 10.1. The van der Waals surface area contributed by atoms with E-state index in [0.29, 0.717) is 34.9 Å². The van der Waals surface area contributed by atoms with Crippen LogP contribution in [-0.4, -0.2) is 16.8 Å². The number of hydrogen-bond donors (Lipinski definition) is 2. The van der Waals surface area contributed by atoms with E-state index < -0.39 is 5.91 Å². The van der Waals surface area contributed by atoms with Gasteiger partial charge in [0.2, 0.25) is 0 Å².